The molecule has 0 amide bonds. The molecule has 0 aromatic heterocycles. The number of carbonyl (C=O) groups is 1. The van der Waals surface area contributed by atoms with E-state index < -0.39 is 0 Å². The molecule has 0 aromatic rings. The fourth-order valence-corrected chi connectivity index (χ4v) is 4.92. The van der Waals surface area contributed by atoms with Crippen molar-refractivity contribution in [2.75, 3.05) is 0 Å². The summed E-state index contributed by atoms with van der Waals surface area (Å²) >= 11 is 0. The maximum atomic E-state index is 11.3. The SMILES string of the molecule is CC(=O)OC(C)C1(C)CC2C(CCCC2(C)C)CC1C. The van der Waals surface area contributed by atoms with Gasteiger partial charge in [0.05, 0.1) is 0 Å². The van der Waals surface area contributed by atoms with E-state index in [2.05, 4.69) is 34.6 Å². The minimum Gasteiger partial charge on any atom is -0.462 e. The van der Waals surface area contributed by atoms with Crippen molar-refractivity contribution < 1.29 is 9.53 Å². The molecule has 0 aromatic carbocycles. The predicted octanol–water partition coefficient (Wildman–Crippen LogP) is 4.82. The molecule has 2 rings (SSSR count). The molecule has 2 aliphatic carbocycles. The highest BCUT2D eigenvalue weighted by molar-refractivity contribution is 5.66. The second-order valence-electron chi connectivity index (χ2n) is 8.35. The van der Waals surface area contributed by atoms with Crippen molar-refractivity contribution in [1.29, 1.82) is 0 Å². The summed E-state index contributed by atoms with van der Waals surface area (Å²) in [6.07, 6.45) is 6.67. The van der Waals surface area contributed by atoms with E-state index in [0.29, 0.717) is 11.3 Å². The lowest BCUT2D eigenvalue weighted by molar-refractivity contribution is -0.162. The van der Waals surface area contributed by atoms with Crippen LogP contribution in [0.2, 0.25) is 0 Å². The van der Waals surface area contributed by atoms with Gasteiger partial charge in [-0.05, 0) is 49.4 Å². The van der Waals surface area contributed by atoms with Crippen LogP contribution in [0.15, 0.2) is 0 Å². The van der Waals surface area contributed by atoms with Crippen LogP contribution in [0.4, 0.5) is 0 Å². The third kappa shape index (κ3) is 2.76. The van der Waals surface area contributed by atoms with Crippen LogP contribution < -0.4 is 0 Å². The number of rotatable bonds is 2. The molecule has 2 nitrogen and oxygen atoms in total. The van der Waals surface area contributed by atoms with E-state index in [4.69, 9.17) is 4.74 Å². The molecule has 20 heavy (non-hydrogen) atoms. The summed E-state index contributed by atoms with van der Waals surface area (Å²) in [5.41, 5.74) is 0.571. The average molecular weight is 280 g/mol. The van der Waals surface area contributed by atoms with Crippen molar-refractivity contribution in [3.63, 3.8) is 0 Å². The van der Waals surface area contributed by atoms with Gasteiger partial charge in [0.1, 0.15) is 6.10 Å². The summed E-state index contributed by atoms with van der Waals surface area (Å²) in [5, 5.41) is 0. The van der Waals surface area contributed by atoms with Gasteiger partial charge in [0.15, 0.2) is 0 Å². The molecule has 2 heteroatoms. The highest BCUT2D eigenvalue weighted by atomic mass is 16.5. The van der Waals surface area contributed by atoms with E-state index >= 15 is 0 Å². The molecule has 0 N–H and O–H groups in total. The maximum absolute atomic E-state index is 11.3. The Morgan fingerprint density at radius 1 is 1.30 bits per heavy atom. The van der Waals surface area contributed by atoms with Crippen molar-refractivity contribution in [2.45, 2.75) is 79.8 Å². The zero-order valence-electron chi connectivity index (χ0n) is 14.2. The molecule has 0 aliphatic heterocycles. The number of hydrogen-bond donors (Lipinski definition) is 0. The third-order valence-corrected chi connectivity index (χ3v) is 6.68. The number of fused-ring (bicyclic) bond motifs is 1. The Balaban J connectivity index is 2.20. The zero-order valence-corrected chi connectivity index (χ0v) is 14.2. The Hall–Kier alpha value is -0.530. The van der Waals surface area contributed by atoms with E-state index in [0.717, 1.165) is 11.8 Å². The van der Waals surface area contributed by atoms with Gasteiger partial charge in [0, 0.05) is 12.3 Å². The van der Waals surface area contributed by atoms with Gasteiger partial charge in [-0.25, -0.2) is 0 Å². The van der Waals surface area contributed by atoms with Crippen LogP contribution in [0, 0.1) is 28.6 Å². The van der Waals surface area contributed by atoms with Crippen LogP contribution in [-0.4, -0.2) is 12.1 Å². The van der Waals surface area contributed by atoms with Gasteiger partial charge < -0.3 is 4.74 Å². The number of esters is 1. The van der Waals surface area contributed by atoms with Crippen molar-refractivity contribution >= 4 is 5.97 Å². The lowest BCUT2D eigenvalue weighted by Gasteiger charge is -2.56. The van der Waals surface area contributed by atoms with Crippen molar-refractivity contribution in [3.05, 3.63) is 0 Å². The second-order valence-corrected chi connectivity index (χ2v) is 8.35. The normalized spacial score (nSPS) is 41.6. The maximum Gasteiger partial charge on any atom is 0.302 e. The van der Waals surface area contributed by atoms with Crippen LogP contribution in [0.1, 0.15) is 73.6 Å². The number of carbonyl (C=O) groups excluding carboxylic acids is 1. The second kappa shape index (κ2) is 5.35. The number of hydrogen-bond acceptors (Lipinski definition) is 2. The Morgan fingerprint density at radius 3 is 2.55 bits per heavy atom. The van der Waals surface area contributed by atoms with E-state index in [-0.39, 0.29) is 17.5 Å². The Bertz CT molecular complexity index is 374. The first-order chi connectivity index (χ1) is 9.17. The lowest BCUT2D eigenvalue weighted by atomic mass is 9.50. The van der Waals surface area contributed by atoms with Gasteiger partial charge in [-0.2, -0.15) is 0 Å². The molecular formula is C18H32O2. The molecule has 0 radical (unpaired) electrons. The van der Waals surface area contributed by atoms with Crippen LogP contribution >= 0.6 is 0 Å². The highest BCUT2D eigenvalue weighted by Crippen LogP contribution is 2.58. The summed E-state index contributed by atoms with van der Waals surface area (Å²) < 4.78 is 5.57. The quantitative estimate of drug-likeness (QED) is 0.678. The summed E-state index contributed by atoms with van der Waals surface area (Å²) in [6, 6.07) is 0. The molecule has 0 bridgehead atoms. The topological polar surface area (TPSA) is 26.3 Å². The van der Waals surface area contributed by atoms with Crippen LogP contribution in [0.3, 0.4) is 0 Å². The van der Waals surface area contributed by atoms with Gasteiger partial charge in [-0.15, -0.1) is 0 Å². The first-order valence-corrected chi connectivity index (χ1v) is 8.34. The van der Waals surface area contributed by atoms with E-state index in [1.165, 1.54) is 39.0 Å². The smallest absolute Gasteiger partial charge is 0.302 e. The molecule has 116 valence electrons. The third-order valence-electron chi connectivity index (χ3n) is 6.68. The fraction of sp³-hybridized carbons (Fsp3) is 0.944. The Kier molecular flexibility index (Phi) is 4.24. The molecule has 5 atom stereocenters. The molecule has 0 spiro atoms. The molecule has 0 saturated heterocycles. The lowest BCUT2D eigenvalue weighted by Crippen LogP contribution is -2.50. The van der Waals surface area contributed by atoms with Gasteiger partial charge in [0.25, 0.3) is 0 Å². The molecule has 2 saturated carbocycles. The zero-order chi connectivity index (χ0) is 15.1. The summed E-state index contributed by atoms with van der Waals surface area (Å²) in [6.45, 7) is 13.2. The predicted molar refractivity (Wildman–Crippen MR) is 82.3 cm³/mol. The van der Waals surface area contributed by atoms with E-state index in [1.807, 2.05) is 0 Å². The first kappa shape index (κ1) is 15.9. The Labute approximate surface area is 124 Å². The summed E-state index contributed by atoms with van der Waals surface area (Å²) in [7, 11) is 0. The minimum absolute atomic E-state index is 0.0219. The van der Waals surface area contributed by atoms with Crippen molar-refractivity contribution in [1.82, 2.24) is 0 Å². The highest BCUT2D eigenvalue weighted by Gasteiger charge is 2.51. The summed E-state index contributed by atoms with van der Waals surface area (Å²) in [5.74, 6) is 2.16. The van der Waals surface area contributed by atoms with Gasteiger partial charge in [-0.3, -0.25) is 4.79 Å². The standard InChI is InChI=1S/C18H32O2/c1-12-10-15-8-7-9-17(4,5)16(15)11-18(12,6)13(2)20-14(3)19/h12-13,15-16H,7-11H2,1-6H3. The monoisotopic (exact) mass is 280 g/mol. The molecule has 2 aliphatic rings. The van der Waals surface area contributed by atoms with Gasteiger partial charge in [-0.1, -0.05) is 40.5 Å². The fourth-order valence-electron chi connectivity index (χ4n) is 4.92. The van der Waals surface area contributed by atoms with Crippen LogP contribution in [-0.2, 0) is 9.53 Å². The molecule has 5 unspecified atom stereocenters. The van der Waals surface area contributed by atoms with Crippen molar-refractivity contribution in [3.8, 4) is 0 Å². The van der Waals surface area contributed by atoms with Gasteiger partial charge >= 0.3 is 5.97 Å². The van der Waals surface area contributed by atoms with Crippen LogP contribution in [0.25, 0.3) is 0 Å². The Morgan fingerprint density at radius 2 is 1.95 bits per heavy atom. The minimum atomic E-state index is -0.143. The molecular weight excluding hydrogens is 248 g/mol. The van der Waals surface area contributed by atoms with Gasteiger partial charge in [0.2, 0.25) is 0 Å². The summed E-state index contributed by atoms with van der Waals surface area (Å²) in [4.78, 5) is 11.3. The molecule has 0 heterocycles. The van der Waals surface area contributed by atoms with E-state index in [9.17, 15) is 4.79 Å². The first-order valence-electron chi connectivity index (χ1n) is 8.34. The van der Waals surface area contributed by atoms with Crippen molar-refractivity contribution in [2.24, 2.45) is 28.6 Å². The average Bonchev–Trinajstić information content (AvgIpc) is 2.31. The number of ether oxygens (including phenoxy) is 1. The van der Waals surface area contributed by atoms with E-state index in [1.54, 1.807) is 0 Å². The largest absolute Gasteiger partial charge is 0.462 e. The molecule has 2 fully saturated rings. The van der Waals surface area contributed by atoms with Crippen LogP contribution in [0.5, 0.6) is 0 Å².